The van der Waals surface area contributed by atoms with Crippen LogP contribution in [0.3, 0.4) is 0 Å². The smallest absolute Gasteiger partial charge is 0.211 e. The van der Waals surface area contributed by atoms with E-state index in [4.69, 9.17) is 4.42 Å². The molecule has 0 aliphatic carbocycles. The van der Waals surface area contributed by atoms with Gasteiger partial charge in [0.1, 0.15) is 11.6 Å². The Labute approximate surface area is 111 Å². The van der Waals surface area contributed by atoms with Crippen LogP contribution in [-0.4, -0.2) is 11.5 Å². The second kappa shape index (κ2) is 5.53. The van der Waals surface area contributed by atoms with Crippen molar-refractivity contribution >= 4 is 0 Å². The van der Waals surface area contributed by atoms with Gasteiger partial charge in [-0.3, -0.25) is 0 Å². The molecule has 1 aromatic carbocycles. The van der Waals surface area contributed by atoms with Crippen LogP contribution in [0.2, 0.25) is 0 Å². The lowest BCUT2D eigenvalue weighted by Gasteiger charge is -2.20. The van der Waals surface area contributed by atoms with Crippen molar-refractivity contribution in [2.24, 2.45) is 0 Å². The molecule has 2 aromatic rings. The summed E-state index contributed by atoms with van der Waals surface area (Å²) in [6, 6.07) is 6.98. The number of nitrogens with one attached hydrogen (secondary N) is 1. The van der Waals surface area contributed by atoms with E-state index < -0.39 is 0 Å². The number of rotatable bonds is 3. The van der Waals surface area contributed by atoms with Crippen molar-refractivity contribution in [3.05, 3.63) is 53.5 Å². The average Bonchev–Trinajstić information content (AvgIpc) is 2.91. The van der Waals surface area contributed by atoms with Gasteiger partial charge in [0, 0.05) is 6.42 Å². The van der Waals surface area contributed by atoms with Gasteiger partial charge in [-0.1, -0.05) is 24.6 Å². The minimum atomic E-state index is -0.198. The molecule has 0 radical (unpaired) electrons. The van der Waals surface area contributed by atoms with E-state index in [1.165, 1.54) is 18.9 Å². The molecule has 1 fully saturated rings. The highest BCUT2D eigenvalue weighted by molar-refractivity contribution is 5.21. The van der Waals surface area contributed by atoms with Crippen molar-refractivity contribution in [3.8, 4) is 0 Å². The summed E-state index contributed by atoms with van der Waals surface area (Å²) < 4.78 is 19.3. The van der Waals surface area contributed by atoms with Gasteiger partial charge in [-0.25, -0.2) is 9.37 Å². The number of hydrogen-bond donors (Lipinski definition) is 1. The minimum Gasteiger partial charge on any atom is -0.444 e. The Morgan fingerprint density at radius 2 is 2.21 bits per heavy atom. The second-order valence-corrected chi connectivity index (χ2v) is 4.94. The van der Waals surface area contributed by atoms with Crippen molar-refractivity contribution in [2.75, 3.05) is 6.54 Å². The highest BCUT2D eigenvalue weighted by Gasteiger charge is 2.19. The van der Waals surface area contributed by atoms with Crippen LogP contribution in [0.25, 0.3) is 0 Å². The van der Waals surface area contributed by atoms with E-state index in [2.05, 4.69) is 10.3 Å². The van der Waals surface area contributed by atoms with E-state index >= 15 is 0 Å². The zero-order valence-electron chi connectivity index (χ0n) is 10.7. The van der Waals surface area contributed by atoms with Crippen LogP contribution in [0.15, 0.2) is 34.9 Å². The first-order valence-corrected chi connectivity index (χ1v) is 6.74. The summed E-state index contributed by atoms with van der Waals surface area (Å²) in [5, 5.41) is 3.39. The summed E-state index contributed by atoms with van der Waals surface area (Å²) in [6.45, 7) is 1.01. The lowest BCUT2D eigenvalue weighted by molar-refractivity contribution is 0.330. The molecule has 0 spiro atoms. The van der Waals surface area contributed by atoms with E-state index in [-0.39, 0.29) is 11.9 Å². The van der Waals surface area contributed by atoms with Gasteiger partial charge in [0.05, 0.1) is 12.2 Å². The minimum absolute atomic E-state index is 0.198. The molecule has 19 heavy (non-hydrogen) atoms. The molecule has 1 atom stereocenters. The highest BCUT2D eigenvalue weighted by atomic mass is 19.1. The van der Waals surface area contributed by atoms with Crippen LogP contribution < -0.4 is 5.32 Å². The quantitative estimate of drug-likeness (QED) is 0.920. The molecule has 0 saturated carbocycles. The predicted octanol–water partition coefficient (Wildman–Crippen LogP) is 3.22. The third-order valence-electron chi connectivity index (χ3n) is 3.50. The zero-order chi connectivity index (χ0) is 13.1. The maximum absolute atomic E-state index is 13.6. The molecular weight excluding hydrogens is 243 g/mol. The number of benzene rings is 1. The predicted molar refractivity (Wildman–Crippen MR) is 70.3 cm³/mol. The zero-order valence-corrected chi connectivity index (χ0v) is 10.7. The van der Waals surface area contributed by atoms with E-state index in [0.29, 0.717) is 17.7 Å². The Morgan fingerprint density at radius 3 is 3.00 bits per heavy atom. The normalized spacial score (nSPS) is 19.5. The molecule has 100 valence electrons. The first-order chi connectivity index (χ1) is 9.33. The fraction of sp³-hybridized carbons (Fsp3) is 0.400. The molecule has 2 heterocycles. The first-order valence-electron chi connectivity index (χ1n) is 6.74. The Bertz CT molecular complexity index is 547. The summed E-state index contributed by atoms with van der Waals surface area (Å²) >= 11 is 0. The van der Waals surface area contributed by atoms with Crippen LogP contribution in [0.5, 0.6) is 0 Å². The summed E-state index contributed by atoms with van der Waals surface area (Å²) in [6.07, 6.45) is 5.62. The molecule has 4 heteroatoms. The molecule has 1 aromatic heterocycles. The van der Waals surface area contributed by atoms with Gasteiger partial charge >= 0.3 is 0 Å². The van der Waals surface area contributed by atoms with E-state index in [1.54, 1.807) is 18.3 Å². The maximum Gasteiger partial charge on any atom is 0.211 e. The van der Waals surface area contributed by atoms with Crippen molar-refractivity contribution in [3.63, 3.8) is 0 Å². The van der Waals surface area contributed by atoms with Crippen LogP contribution in [0.4, 0.5) is 4.39 Å². The fourth-order valence-electron chi connectivity index (χ4n) is 2.46. The van der Waals surface area contributed by atoms with E-state index in [1.807, 2.05) is 6.07 Å². The van der Waals surface area contributed by atoms with Crippen molar-refractivity contribution in [2.45, 2.75) is 31.7 Å². The van der Waals surface area contributed by atoms with Gasteiger partial charge < -0.3 is 9.73 Å². The number of piperidine rings is 1. The van der Waals surface area contributed by atoms with Gasteiger partial charge in [-0.15, -0.1) is 0 Å². The van der Waals surface area contributed by atoms with Gasteiger partial charge in [-0.05, 0) is 31.0 Å². The van der Waals surface area contributed by atoms with Crippen LogP contribution >= 0.6 is 0 Å². The number of oxazole rings is 1. The van der Waals surface area contributed by atoms with Crippen molar-refractivity contribution in [1.29, 1.82) is 0 Å². The third kappa shape index (κ3) is 2.84. The number of aromatic nitrogens is 1. The number of halogens is 1. The molecule has 1 aliphatic heterocycles. The topological polar surface area (TPSA) is 38.1 Å². The number of nitrogens with zero attached hydrogens (tertiary/aromatic N) is 1. The Hall–Kier alpha value is -1.68. The lowest BCUT2D eigenvalue weighted by atomic mass is 10.1. The SMILES string of the molecule is Fc1ccccc1Cc1cnc([C@H]2CCCCN2)o1. The van der Waals surface area contributed by atoms with Gasteiger partial charge in [-0.2, -0.15) is 0 Å². The monoisotopic (exact) mass is 260 g/mol. The third-order valence-corrected chi connectivity index (χ3v) is 3.50. The average molecular weight is 260 g/mol. The summed E-state index contributed by atoms with van der Waals surface area (Å²) in [5.74, 6) is 1.25. The summed E-state index contributed by atoms with van der Waals surface area (Å²) in [4.78, 5) is 4.31. The molecule has 1 saturated heterocycles. The maximum atomic E-state index is 13.6. The molecule has 3 rings (SSSR count). The van der Waals surface area contributed by atoms with Crippen molar-refractivity contribution < 1.29 is 8.81 Å². The Morgan fingerprint density at radius 1 is 1.32 bits per heavy atom. The summed E-state index contributed by atoms with van der Waals surface area (Å²) in [5.41, 5.74) is 0.641. The molecule has 3 nitrogen and oxygen atoms in total. The van der Waals surface area contributed by atoms with Crippen molar-refractivity contribution in [1.82, 2.24) is 10.3 Å². The molecular formula is C15H17FN2O. The second-order valence-electron chi connectivity index (χ2n) is 4.94. The first kappa shape index (κ1) is 12.4. The molecule has 1 N–H and O–H groups in total. The van der Waals surface area contributed by atoms with Gasteiger partial charge in [0.25, 0.3) is 0 Å². The van der Waals surface area contributed by atoms with E-state index in [9.17, 15) is 4.39 Å². The van der Waals surface area contributed by atoms with Crippen LogP contribution in [0.1, 0.15) is 42.5 Å². The fourth-order valence-corrected chi connectivity index (χ4v) is 2.46. The van der Waals surface area contributed by atoms with Crippen LogP contribution in [-0.2, 0) is 6.42 Å². The molecule has 1 aliphatic rings. The molecule has 0 bridgehead atoms. The Balaban J connectivity index is 1.73. The Kier molecular flexibility index (Phi) is 3.60. The standard InChI is InChI=1S/C15H17FN2O/c16-13-6-2-1-5-11(13)9-12-10-18-15(19-12)14-7-3-4-8-17-14/h1-2,5-6,10,14,17H,3-4,7-9H2/t14-/m1/s1. The molecule has 0 amide bonds. The summed E-state index contributed by atoms with van der Waals surface area (Å²) in [7, 11) is 0. The van der Waals surface area contributed by atoms with E-state index in [0.717, 1.165) is 18.9 Å². The number of hydrogen-bond acceptors (Lipinski definition) is 3. The largest absolute Gasteiger partial charge is 0.444 e. The highest BCUT2D eigenvalue weighted by Crippen LogP contribution is 2.23. The van der Waals surface area contributed by atoms with Crippen LogP contribution in [0, 0.1) is 5.82 Å². The van der Waals surface area contributed by atoms with Gasteiger partial charge in [0.15, 0.2) is 0 Å². The molecule has 0 unspecified atom stereocenters. The van der Waals surface area contributed by atoms with Gasteiger partial charge in [0.2, 0.25) is 5.89 Å². The lowest BCUT2D eigenvalue weighted by Crippen LogP contribution is -2.26.